The van der Waals surface area contributed by atoms with Crippen LogP contribution >= 0.6 is 0 Å². The molecule has 0 heterocycles. The van der Waals surface area contributed by atoms with Crippen molar-refractivity contribution in [2.45, 2.75) is 52.4 Å². The van der Waals surface area contributed by atoms with E-state index < -0.39 is 0 Å². The number of hydrogen-bond acceptors (Lipinski definition) is 2. The summed E-state index contributed by atoms with van der Waals surface area (Å²) in [7, 11) is 0. The average Bonchev–Trinajstić information content (AvgIpc) is 2.20. The van der Waals surface area contributed by atoms with Crippen molar-refractivity contribution in [3.05, 3.63) is 0 Å². The van der Waals surface area contributed by atoms with E-state index in [1.807, 2.05) is 0 Å². The van der Waals surface area contributed by atoms with Gasteiger partial charge in [-0.15, -0.1) is 0 Å². The minimum atomic E-state index is 0.0512. The van der Waals surface area contributed by atoms with Gasteiger partial charge in [-0.05, 0) is 12.8 Å². The van der Waals surface area contributed by atoms with Gasteiger partial charge in [0.05, 0.1) is 0 Å². The Bertz CT molecular complexity index is 183. The summed E-state index contributed by atoms with van der Waals surface area (Å²) in [4.78, 5) is 21.1. The third-order valence-electron chi connectivity index (χ3n) is 2.35. The second kappa shape index (κ2) is 10.5. The van der Waals surface area contributed by atoms with Crippen molar-refractivity contribution in [3.63, 3.8) is 0 Å². The Hall–Kier alpha value is -1.06. The van der Waals surface area contributed by atoms with Crippen molar-refractivity contribution >= 4 is 11.8 Å². The maximum Gasteiger partial charge on any atom is 0.216 e. The van der Waals surface area contributed by atoms with Crippen molar-refractivity contribution in [2.75, 3.05) is 13.1 Å². The molecule has 0 spiro atoms. The Morgan fingerprint density at radius 2 is 1.00 bits per heavy atom. The summed E-state index contributed by atoms with van der Waals surface area (Å²) in [5.41, 5.74) is 0. The zero-order chi connectivity index (χ0) is 12.2. The highest BCUT2D eigenvalue weighted by atomic mass is 16.1. The quantitative estimate of drug-likeness (QED) is 0.589. The zero-order valence-electron chi connectivity index (χ0n) is 10.5. The first kappa shape index (κ1) is 14.9. The van der Waals surface area contributed by atoms with Gasteiger partial charge in [0, 0.05) is 26.9 Å². The van der Waals surface area contributed by atoms with E-state index in [0.717, 1.165) is 25.9 Å². The van der Waals surface area contributed by atoms with Crippen LogP contribution in [-0.2, 0) is 9.59 Å². The Kier molecular flexibility index (Phi) is 9.76. The van der Waals surface area contributed by atoms with E-state index in [4.69, 9.17) is 0 Å². The molecule has 4 heteroatoms. The second-order valence-electron chi connectivity index (χ2n) is 4.09. The molecule has 2 amide bonds. The van der Waals surface area contributed by atoms with Crippen LogP contribution in [0.15, 0.2) is 0 Å². The predicted molar refractivity (Wildman–Crippen MR) is 65.1 cm³/mol. The molecule has 94 valence electrons. The fourth-order valence-electron chi connectivity index (χ4n) is 1.49. The summed E-state index contributed by atoms with van der Waals surface area (Å²) in [6.45, 7) is 4.67. The Morgan fingerprint density at radius 1 is 0.688 bits per heavy atom. The molecule has 0 saturated heterocycles. The predicted octanol–water partition coefficient (Wildman–Crippen LogP) is 1.60. The molecule has 0 atom stereocenters. The van der Waals surface area contributed by atoms with E-state index in [1.165, 1.54) is 25.7 Å². The molecule has 2 N–H and O–H groups in total. The number of amides is 2. The molecule has 0 saturated carbocycles. The average molecular weight is 228 g/mol. The topological polar surface area (TPSA) is 58.2 Å². The smallest absolute Gasteiger partial charge is 0.216 e. The number of unbranched alkanes of at least 4 members (excludes halogenated alkanes) is 5. The lowest BCUT2D eigenvalue weighted by molar-refractivity contribution is -0.119. The highest BCUT2D eigenvalue weighted by Crippen LogP contribution is 2.04. The lowest BCUT2D eigenvalue weighted by atomic mass is 10.1. The van der Waals surface area contributed by atoms with Gasteiger partial charge < -0.3 is 10.6 Å². The molecule has 0 aromatic heterocycles. The van der Waals surface area contributed by atoms with E-state index in [0.29, 0.717) is 0 Å². The standard InChI is InChI=1S/C12H24N2O2/c1-11(15)13-9-7-5-3-4-6-8-10-14-12(2)16/h3-10H2,1-2H3,(H,13,15)(H,14,16). The third-order valence-corrected chi connectivity index (χ3v) is 2.35. The van der Waals surface area contributed by atoms with Gasteiger partial charge in [-0.25, -0.2) is 0 Å². The van der Waals surface area contributed by atoms with Gasteiger partial charge in [0.1, 0.15) is 0 Å². The molecule has 0 unspecified atom stereocenters. The van der Waals surface area contributed by atoms with E-state index in [2.05, 4.69) is 10.6 Å². The van der Waals surface area contributed by atoms with Crippen LogP contribution in [0.4, 0.5) is 0 Å². The maximum absolute atomic E-state index is 10.6. The number of hydrogen-bond donors (Lipinski definition) is 2. The molecule has 0 aromatic rings. The molecule has 16 heavy (non-hydrogen) atoms. The van der Waals surface area contributed by atoms with Gasteiger partial charge in [-0.1, -0.05) is 25.7 Å². The van der Waals surface area contributed by atoms with Crippen LogP contribution in [-0.4, -0.2) is 24.9 Å². The molecule has 0 radical (unpaired) electrons. The van der Waals surface area contributed by atoms with E-state index in [-0.39, 0.29) is 11.8 Å². The molecular weight excluding hydrogens is 204 g/mol. The molecule has 0 aliphatic rings. The largest absolute Gasteiger partial charge is 0.356 e. The van der Waals surface area contributed by atoms with Gasteiger partial charge in [0.15, 0.2) is 0 Å². The summed E-state index contributed by atoms with van der Waals surface area (Å²) in [5, 5.41) is 5.57. The molecule has 0 rings (SSSR count). The van der Waals surface area contributed by atoms with Crippen LogP contribution in [0, 0.1) is 0 Å². The summed E-state index contributed by atoms with van der Waals surface area (Å²) in [5.74, 6) is 0.102. The minimum absolute atomic E-state index is 0.0512. The summed E-state index contributed by atoms with van der Waals surface area (Å²) < 4.78 is 0. The van der Waals surface area contributed by atoms with Crippen LogP contribution in [0.5, 0.6) is 0 Å². The summed E-state index contributed by atoms with van der Waals surface area (Å²) >= 11 is 0. The van der Waals surface area contributed by atoms with Gasteiger partial charge in [0.25, 0.3) is 0 Å². The SMILES string of the molecule is CC(=O)NCCCCCCCCNC(C)=O. The summed E-state index contributed by atoms with van der Waals surface area (Å²) in [6, 6.07) is 0. The fourth-order valence-corrected chi connectivity index (χ4v) is 1.49. The van der Waals surface area contributed by atoms with Crippen LogP contribution in [0.3, 0.4) is 0 Å². The van der Waals surface area contributed by atoms with E-state index in [1.54, 1.807) is 13.8 Å². The molecule has 0 aromatic carbocycles. The number of nitrogens with one attached hydrogen (secondary N) is 2. The zero-order valence-corrected chi connectivity index (χ0v) is 10.5. The van der Waals surface area contributed by atoms with Crippen LogP contribution in [0.1, 0.15) is 52.4 Å². The highest BCUT2D eigenvalue weighted by molar-refractivity contribution is 5.72. The molecule has 0 aliphatic carbocycles. The Balaban J connectivity index is 2.98. The fraction of sp³-hybridized carbons (Fsp3) is 0.833. The second-order valence-corrected chi connectivity index (χ2v) is 4.09. The van der Waals surface area contributed by atoms with Crippen LogP contribution < -0.4 is 10.6 Å². The first-order valence-electron chi connectivity index (χ1n) is 6.12. The molecule has 4 nitrogen and oxygen atoms in total. The first-order chi connectivity index (χ1) is 7.63. The van der Waals surface area contributed by atoms with Crippen molar-refractivity contribution in [1.82, 2.24) is 10.6 Å². The number of rotatable bonds is 9. The first-order valence-corrected chi connectivity index (χ1v) is 6.12. The molecule has 0 bridgehead atoms. The van der Waals surface area contributed by atoms with E-state index in [9.17, 15) is 9.59 Å². The lowest BCUT2D eigenvalue weighted by Gasteiger charge is -2.03. The third kappa shape index (κ3) is 12.9. The Labute approximate surface area is 98.2 Å². The molecule has 0 aliphatic heterocycles. The van der Waals surface area contributed by atoms with Crippen LogP contribution in [0.2, 0.25) is 0 Å². The maximum atomic E-state index is 10.6. The van der Waals surface area contributed by atoms with E-state index >= 15 is 0 Å². The van der Waals surface area contributed by atoms with Gasteiger partial charge in [-0.2, -0.15) is 0 Å². The number of carbonyl (C=O) groups is 2. The van der Waals surface area contributed by atoms with Crippen LogP contribution in [0.25, 0.3) is 0 Å². The monoisotopic (exact) mass is 228 g/mol. The van der Waals surface area contributed by atoms with Crippen molar-refractivity contribution in [1.29, 1.82) is 0 Å². The van der Waals surface area contributed by atoms with Gasteiger partial charge in [-0.3, -0.25) is 9.59 Å². The van der Waals surface area contributed by atoms with Gasteiger partial charge in [0.2, 0.25) is 11.8 Å². The molecular formula is C12H24N2O2. The Morgan fingerprint density at radius 3 is 1.31 bits per heavy atom. The van der Waals surface area contributed by atoms with Crippen molar-refractivity contribution in [3.8, 4) is 0 Å². The van der Waals surface area contributed by atoms with Gasteiger partial charge >= 0.3 is 0 Å². The summed E-state index contributed by atoms with van der Waals surface area (Å²) in [6.07, 6.45) is 6.87. The minimum Gasteiger partial charge on any atom is -0.356 e. The lowest BCUT2D eigenvalue weighted by Crippen LogP contribution is -2.21. The number of carbonyl (C=O) groups excluding carboxylic acids is 2. The van der Waals surface area contributed by atoms with Crippen molar-refractivity contribution in [2.24, 2.45) is 0 Å². The highest BCUT2D eigenvalue weighted by Gasteiger charge is 1.94. The normalized spacial score (nSPS) is 9.88. The molecule has 0 fully saturated rings. The van der Waals surface area contributed by atoms with Crippen molar-refractivity contribution < 1.29 is 9.59 Å².